The molecule has 0 bridgehead atoms. The van der Waals surface area contributed by atoms with Crippen molar-refractivity contribution in [3.05, 3.63) is 119 Å². The molecular weight excluding hydrogens is 694 g/mol. The van der Waals surface area contributed by atoms with Crippen molar-refractivity contribution >= 4 is 28.3 Å². The number of aryl methyl sites for hydroxylation is 2. The van der Waals surface area contributed by atoms with Crippen LogP contribution in [0.3, 0.4) is 0 Å². The quantitative estimate of drug-likeness (QED) is 0.0764. The molecule has 0 N–H and O–H groups in total. The van der Waals surface area contributed by atoms with Gasteiger partial charge in [-0.3, -0.25) is 9.69 Å². The van der Waals surface area contributed by atoms with Gasteiger partial charge >= 0.3 is 51.4 Å². The standard InChI is InChI=1S/C43H49N3O6.K/c1-3-50-36-11-8-10-35(29-36)45-25-23-44(24-26-45)21-6-7-27-51-41-28-34(19-20-40(41)52-31-33-17-15-32(2)16-18-33)43(49)38-30-46(22-9-14-42(47)48)39-13-5-4-12-37(38)39;/h4-5,8,10-13,15-20,28-30H,3,6-7,9,14,21-27,31H2,1-2H3,(H,47,48);/q;+1/p-1. The van der Waals surface area contributed by atoms with Gasteiger partial charge in [-0.25, -0.2) is 0 Å². The summed E-state index contributed by atoms with van der Waals surface area (Å²) in [5.74, 6) is 0.832. The Morgan fingerprint density at radius 2 is 1.57 bits per heavy atom. The number of rotatable bonds is 18. The van der Waals surface area contributed by atoms with E-state index in [9.17, 15) is 14.7 Å². The summed E-state index contributed by atoms with van der Waals surface area (Å²) in [5, 5.41) is 11.8. The minimum Gasteiger partial charge on any atom is -0.550 e. The Kier molecular flexibility index (Phi) is 15.4. The van der Waals surface area contributed by atoms with Crippen LogP contribution < -0.4 is 75.6 Å². The number of benzene rings is 4. The summed E-state index contributed by atoms with van der Waals surface area (Å²) < 4.78 is 20.2. The zero-order chi connectivity index (χ0) is 36.3. The van der Waals surface area contributed by atoms with Gasteiger partial charge in [-0.2, -0.15) is 0 Å². The van der Waals surface area contributed by atoms with Gasteiger partial charge in [0.1, 0.15) is 12.4 Å². The second-order valence-electron chi connectivity index (χ2n) is 13.3. The first-order chi connectivity index (χ1) is 25.4. The third kappa shape index (κ3) is 11.2. The predicted molar refractivity (Wildman–Crippen MR) is 203 cm³/mol. The molecule has 0 amide bonds. The van der Waals surface area contributed by atoms with Gasteiger partial charge in [0.15, 0.2) is 17.3 Å². The van der Waals surface area contributed by atoms with E-state index in [2.05, 4.69) is 47.1 Å². The number of anilines is 1. The first-order valence-corrected chi connectivity index (χ1v) is 18.4. The fourth-order valence-corrected chi connectivity index (χ4v) is 6.67. The molecule has 1 fully saturated rings. The molecule has 9 nitrogen and oxygen atoms in total. The fraction of sp³-hybridized carbons (Fsp3) is 0.349. The van der Waals surface area contributed by atoms with E-state index < -0.39 is 5.97 Å². The van der Waals surface area contributed by atoms with Crippen molar-refractivity contribution in [2.45, 2.75) is 52.7 Å². The largest absolute Gasteiger partial charge is 1.00 e. The Hall–Kier alpha value is -3.64. The number of carboxylic acid groups (broad SMARTS) is 1. The van der Waals surface area contributed by atoms with Crippen molar-refractivity contribution in [2.75, 3.05) is 50.8 Å². The number of unbranched alkanes of at least 4 members (excludes halogenated alkanes) is 1. The van der Waals surface area contributed by atoms with Gasteiger partial charge in [-0.1, -0.05) is 54.1 Å². The molecule has 1 aliphatic heterocycles. The zero-order valence-electron chi connectivity index (χ0n) is 31.2. The molecule has 0 unspecified atom stereocenters. The van der Waals surface area contributed by atoms with Crippen molar-refractivity contribution in [3.8, 4) is 17.2 Å². The molecule has 53 heavy (non-hydrogen) atoms. The number of para-hydroxylation sites is 1. The summed E-state index contributed by atoms with van der Waals surface area (Å²) in [6.45, 7) is 11.0. The van der Waals surface area contributed by atoms with E-state index in [1.54, 1.807) is 12.1 Å². The Balaban J connectivity index is 0.00000541. The van der Waals surface area contributed by atoms with Crippen LogP contribution in [0.25, 0.3) is 10.9 Å². The molecule has 6 rings (SSSR count). The molecule has 10 heteroatoms. The number of nitrogens with zero attached hydrogens (tertiary/aromatic N) is 3. The normalized spacial score (nSPS) is 13.1. The third-order valence-corrected chi connectivity index (χ3v) is 9.53. The molecule has 1 aromatic heterocycles. The molecule has 272 valence electrons. The number of carbonyl (C=O) groups is 2. The van der Waals surface area contributed by atoms with E-state index >= 15 is 0 Å². The third-order valence-electron chi connectivity index (χ3n) is 9.53. The summed E-state index contributed by atoms with van der Waals surface area (Å²) in [5.41, 5.74) is 5.39. The molecular formula is C43H48KN3O6. The summed E-state index contributed by atoms with van der Waals surface area (Å²) in [6, 6.07) is 29.6. The summed E-state index contributed by atoms with van der Waals surface area (Å²) in [6.07, 6.45) is 4.06. The molecule has 0 atom stereocenters. The van der Waals surface area contributed by atoms with Crippen LogP contribution >= 0.6 is 0 Å². The summed E-state index contributed by atoms with van der Waals surface area (Å²) in [7, 11) is 0. The molecule has 0 aliphatic carbocycles. The van der Waals surface area contributed by atoms with Crippen LogP contribution in [0.2, 0.25) is 0 Å². The van der Waals surface area contributed by atoms with Crippen molar-refractivity contribution in [2.24, 2.45) is 0 Å². The number of piperazine rings is 1. The first kappa shape index (κ1) is 40.5. The van der Waals surface area contributed by atoms with Gasteiger partial charge in [-0.15, -0.1) is 0 Å². The minimum atomic E-state index is -1.08. The molecule has 1 aliphatic rings. The maximum absolute atomic E-state index is 14.0. The number of aromatic nitrogens is 1. The average molecular weight is 742 g/mol. The smallest absolute Gasteiger partial charge is 0.550 e. The van der Waals surface area contributed by atoms with Crippen LogP contribution in [0.15, 0.2) is 97.2 Å². The van der Waals surface area contributed by atoms with Crippen LogP contribution in [0, 0.1) is 6.92 Å². The molecule has 4 aromatic carbocycles. The van der Waals surface area contributed by atoms with E-state index in [0.29, 0.717) is 55.4 Å². The van der Waals surface area contributed by atoms with Crippen LogP contribution in [0.4, 0.5) is 5.69 Å². The Bertz CT molecular complexity index is 1950. The molecule has 0 saturated carbocycles. The van der Waals surface area contributed by atoms with Gasteiger partial charge in [0.2, 0.25) is 0 Å². The van der Waals surface area contributed by atoms with E-state index in [4.69, 9.17) is 14.2 Å². The molecule has 1 saturated heterocycles. The van der Waals surface area contributed by atoms with Gasteiger partial charge in [0, 0.05) is 78.7 Å². The molecule has 0 spiro atoms. The van der Waals surface area contributed by atoms with Crippen molar-refractivity contribution in [1.82, 2.24) is 9.47 Å². The zero-order valence-corrected chi connectivity index (χ0v) is 34.3. The van der Waals surface area contributed by atoms with Crippen LogP contribution in [-0.2, 0) is 17.9 Å². The second-order valence-corrected chi connectivity index (χ2v) is 13.3. The number of fused-ring (bicyclic) bond motifs is 1. The van der Waals surface area contributed by atoms with E-state index in [1.165, 1.54) is 11.3 Å². The number of hydrogen-bond acceptors (Lipinski definition) is 8. The number of hydrogen-bond donors (Lipinski definition) is 0. The maximum Gasteiger partial charge on any atom is 1.00 e. The Morgan fingerprint density at radius 3 is 2.34 bits per heavy atom. The number of ether oxygens (including phenoxy) is 3. The SMILES string of the molecule is CCOc1cccc(N2CCN(CCCCOc3cc(C(=O)c4cn(CCCC(=O)[O-])c5ccccc45)ccc3OCc3ccc(C)cc3)CC2)c1.[K+]. The van der Waals surface area contributed by atoms with E-state index in [0.717, 1.165) is 67.8 Å². The summed E-state index contributed by atoms with van der Waals surface area (Å²) >= 11 is 0. The van der Waals surface area contributed by atoms with Crippen molar-refractivity contribution < 1.29 is 80.3 Å². The van der Waals surface area contributed by atoms with Gasteiger partial charge < -0.3 is 33.6 Å². The topological polar surface area (TPSA) is 96.3 Å². The minimum absolute atomic E-state index is 0. The van der Waals surface area contributed by atoms with Crippen molar-refractivity contribution in [3.63, 3.8) is 0 Å². The van der Waals surface area contributed by atoms with Crippen LogP contribution in [0.5, 0.6) is 17.2 Å². The second kappa shape index (κ2) is 20.2. The van der Waals surface area contributed by atoms with Crippen molar-refractivity contribution in [1.29, 1.82) is 0 Å². The van der Waals surface area contributed by atoms with E-state index in [-0.39, 0.29) is 63.6 Å². The van der Waals surface area contributed by atoms with Gasteiger partial charge in [0.25, 0.3) is 0 Å². The number of aliphatic carboxylic acids is 1. The average Bonchev–Trinajstić information content (AvgIpc) is 3.53. The Labute approximate surface area is 355 Å². The molecule has 0 radical (unpaired) electrons. The number of ketones is 1. The van der Waals surface area contributed by atoms with E-state index in [1.807, 2.05) is 66.2 Å². The van der Waals surface area contributed by atoms with Gasteiger partial charge in [0.05, 0.1) is 13.2 Å². The van der Waals surface area contributed by atoms with Gasteiger partial charge in [-0.05, 0) is 88.0 Å². The van der Waals surface area contributed by atoms with Crippen LogP contribution in [0.1, 0.15) is 59.7 Å². The predicted octanol–water partition coefficient (Wildman–Crippen LogP) is 3.67. The molecule has 5 aromatic rings. The summed E-state index contributed by atoms with van der Waals surface area (Å²) in [4.78, 5) is 30.0. The first-order valence-electron chi connectivity index (χ1n) is 18.4. The number of carboxylic acids is 1. The van der Waals surface area contributed by atoms with Crippen LogP contribution in [-0.4, -0.2) is 67.2 Å². The molecule has 2 heterocycles. The fourth-order valence-electron chi connectivity index (χ4n) is 6.67. The maximum atomic E-state index is 14.0. The Morgan fingerprint density at radius 1 is 0.774 bits per heavy atom. The monoisotopic (exact) mass is 741 g/mol. The number of carbonyl (C=O) groups excluding carboxylic acids is 2.